The van der Waals surface area contributed by atoms with E-state index in [4.69, 9.17) is 9.97 Å². The van der Waals surface area contributed by atoms with Crippen LogP contribution in [0.2, 0.25) is 0 Å². The zero-order valence-electron chi connectivity index (χ0n) is 25.5. The molecule has 1 amide bonds. The van der Waals surface area contributed by atoms with E-state index in [1.165, 1.54) is 5.69 Å². The van der Waals surface area contributed by atoms with Gasteiger partial charge in [0.05, 0.1) is 5.52 Å². The first kappa shape index (κ1) is 28.8. The van der Waals surface area contributed by atoms with Crippen molar-refractivity contribution in [1.82, 2.24) is 30.2 Å². The molecule has 10 heteroatoms. The number of pyridine rings is 2. The van der Waals surface area contributed by atoms with Gasteiger partial charge in [0.2, 0.25) is 5.95 Å². The fourth-order valence-electron chi connectivity index (χ4n) is 5.65. The summed E-state index contributed by atoms with van der Waals surface area (Å²) < 4.78 is 0. The molecule has 0 spiro atoms. The number of rotatable bonds is 6. The van der Waals surface area contributed by atoms with Crippen molar-refractivity contribution in [3.63, 3.8) is 0 Å². The highest BCUT2D eigenvalue weighted by atomic mass is 16.2. The number of nitrogens with one attached hydrogen (secondary N) is 2. The van der Waals surface area contributed by atoms with Crippen molar-refractivity contribution < 1.29 is 4.79 Å². The summed E-state index contributed by atoms with van der Waals surface area (Å²) in [7, 11) is 2.17. The third kappa shape index (κ3) is 6.69. The van der Waals surface area contributed by atoms with Gasteiger partial charge in [-0.3, -0.25) is 14.8 Å². The molecule has 2 fully saturated rings. The second-order valence-corrected chi connectivity index (χ2v) is 12.6. The lowest BCUT2D eigenvalue weighted by molar-refractivity contribution is 0.0928. The van der Waals surface area contributed by atoms with Crippen LogP contribution in [0.3, 0.4) is 0 Å². The lowest BCUT2D eigenvalue weighted by Gasteiger charge is -2.34. The van der Waals surface area contributed by atoms with Gasteiger partial charge in [-0.15, -0.1) is 0 Å². The van der Waals surface area contributed by atoms with Crippen LogP contribution in [0.25, 0.3) is 11.0 Å². The number of hydrogen-bond donors (Lipinski definition) is 2. The zero-order valence-corrected chi connectivity index (χ0v) is 25.5. The van der Waals surface area contributed by atoms with E-state index in [2.05, 4.69) is 87.4 Å². The Balaban J connectivity index is 1.17. The highest BCUT2D eigenvalue weighted by Crippen LogP contribution is 2.28. The Kier molecular flexibility index (Phi) is 8.12. The van der Waals surface area contributed by atoms with Crippen molar-refractivity contribution in [3.05, 3.63) is 72.2 Å². The maximum Gasteiger partial charge on any atom is 0.270 e. The number of carbonyl (C=O) groups is 1. The van der Waals surface area contributed by atoms with E-state index in [9.17, 15) is 4.79 Å². The van der Waals surface area contributed by atoms with E-state index in [-0.39, 0.29) is 17.4 Å². The molecule has 0 saturated carbocycles. The zero-order chi connectivity index (χ0) is 30.0. The van der Waals surface area contributed by atoms with Crippen LogP contribution in [0.5, 0.6) is 0 Å². The van der Waals surface area contributed by atoms with Crippen LogP contribution in [0, 0.1) is 0 Å². The fraction of sp³-hybridized carbons (Fsp3) is 0.424. The van der Waals surface area contributed by atoms with Gasteiger partial charge in [0.1, 0.15) is 11.2 Å². The molecule has 3 aromatic heterocycles. The van der Waals surface area contributed by atoms with Crippen molar-refractivity contribution in [2.45, 2.75) is 45.1 Å². The standard InChI is InChI=1S/C33H41N9O/c1-33(2,3)23-9-14-28(35-21-23)31(43)37-25-7-6-16-42(22-25)32-38-27-8-5-15-34-29(27)30(39-32)36-24-10-12-26(13-11-24)41-19-17-40(4)18-20-41/h5,8-15,21,25H,6-7,16-20,22H2,1-4H3,(H,37,43)(H,36,38,39). The topological polar surface area (TPSA) is 102 Å². The van der Waals surface area contributed by atoms with Gasteiger partial charge < -0.3 is 25.3 Å². The summed E-state index contributed by atoms with van der Waals surface area (Å²) >= 11 is 0. The minimum atomic E-state index is -0.154. The monoisotopic (exact) mass is 579 g/mol. The molecule has 0 aliphatic carbocycles. The first-order chi connectivity index (χ1) is 20.7. The molecular weight excluding hydrogens is 538 g/mol. The lowest BCUT2D eigenvalue weighted by atomic mass is 9.88. The average Bonchev–Trinajstić information content (AvgIpc) is 3.01. The van der Waals surface area contributed by atoms with E-state index in [1.807, 2.05) is 24.3 Å². The SMILES string of the molecule is CN1CCN(c2ccc(Nc3nc(N4CCCC(NC(=O)c5ccc(C(C)(C)C)cn5)C4)nc4cccnc34)cc2)CC1. The van der Waals surface area contributed by atoms with Gasteiger partial charge in [0.25, 0.3) is 5.91 Å². The molecule has 43 heavy (non-hydrogen) atoms. The van der Waals surface area contributed by atoms with Gasteiger partial charge in [0.15, 0.2) is 5.82 Å². The predicted octanol–water partition coefficient (Wildman–Crippen LogP) is 4.61. The molecule has 2 N–H and O–H groups in total. The van der Waals surface area contributed by atoms with Gasteiger partial charge in [-0.2, -0.15) is 4.98 Å². The second-order valence-electron chi connectivity index (χ2n) is 12.6. The summed E-state index contributed by atoms with van der Waals surface area (Å²) in [5.41, 5.74) is 5.20. The first-order valence-corrected chi connectivity index (χ1v) is 15.2. The summed E-state index contributed by atoms with van der Waals surface area (Å²) in [4.78, 5) is 38.8. The smallest absolute Gasteiger partial charge is 0.270 e. The van der Waals surface area contributed by atoms with Crippen LogP contribution in [0.4, 0.5) is 23.1 Å². The van der Waals surface area contributed by atoms with Gasteiger partial charge in [0, 0.05) is 69.1 Å². The van der Waals surface area contributed by atoms with Crippen molar-refractivity contribution in [2.24, 2.45) is 0 Å². The van der Waals surface area contributed by atoms with Crippen LogP contribution >= 0.6 is 0 Å². The van der Waals surface area contributed by atoms with Crippen molar-refractivity contribution in [2.75, 3.05) is 61.4 Å². The predicted molar refractivity (Wildman–Crippen MR) is 172 cm³/mol. The Morgan fingerprint density at radius 1 is 0.907 bits per heavy atom. The molecule has 10 nitrogen and oxygen atoms in total. The molecule has 2 aliphatic rings. The highest BCUT2D eigenvalue weighted by molar-refractivity contribution is 5.92. The fourth-order valence-corrected chi connectivity index (χ4v) is 5.65. The number of piperazine rings is 1. The Labute approximate surface area is 253 Å². The molecule has 5 heterocycles. The minimum absolute atomic E-state index is 0.0109. The van der Waals surface area contributed by atoms with Gasteiger partial charge in [-0.05, 0) is 73.3 Å². The highest BCUT2D eigenvalue weighted by Gasteiger charge is 2.25. The molecule has 2 saturated heterocycles. The van der Waals surface area contributed by atoms with Gasteiger partial charge >= 0.3 is 0 Å². The van der Waals surface area contributed by atoms with Crippen molar-refractivity contribution >= 4 is 40.1 Å². The molecule has 0 bridgehead atoms. The maximum absolute atomic E-state index is 13.0. The van der Waals surface area contributed by atoms with Crippen LogP contribution in [0.15, 0.2) is 60.9 Å². The minimum Gasteiger partial charge on any atom is -0.369 e. The number of carbonyl (C=O) groups excluding carboxylic acids is 1. The number of fused-ring (bicyclic) bond motifs is 1. The van der Waals surface area contributed by atoms with Crippen LogP contribution in [-0.4, -0.2) is 83.1 Å². The van der Waals surface area contributed by atoms with E-state index in [1.54, 1.807) is 12.4 Å². The molecule has 0 radical (unpaired) electrons. The average molecular weight is 580 g/mol. The quantitative estimate of drug-likeness (QED) is 0.339. The van der Waals surface area contributed by atoms with Gasteiger partial charge in [-0.25, -0.2) is 4.98 Å². The summed E-state index contributed by atoms with van der Waals surface area (Å²) in [5, 5.41) is 6.68. The van der Waals surface area contributed by atoms with Gasteiger partial charge in [-0.1, -0.05) is 26.8 Å². The summed E-state index contributed by atoms with van der Waals surface area (Å²) in [6.07, 6.45) is 5.38. The molecule has 4 aromatic rings. The largest absolute Gasteiger partial charge is 0.369 e. The number of benzene rings is 1. The Bertz CT molecular complexity index is 1560. The molecule has 1 unspecified atom stereocenters. The number of piperidine rings is 1. The molecule has 1 aromatic carbocycles. The third-order valence-electron chi connectivity index (χ3n) is 8.34. The number of aromatic nitrogens is 4. The number of likely N-dealkylation sites (N-methyl/N-ethyl adjacent to an activating group) is 1. The number of nitrogens with zero attached hydrogens (tertiary/aromatic N) is 7. The molecule has 2 aliphatic heterocycles. The Hall–Kier alpha value is -4.31. The van der Waals surface area contributed by atoms with Crippen molar-refractivity contribution in [1.29, 1.82) is 0 Å². The summed E-state index contributed by atoms with van der Waals surface area (Å²) in [6.45, 7) is 12.1. The molecule has 6 rings (SSSR count). The van der Waals surface area contributed by atoms with E-state index >= 15 is 0 Å². The van der Waals surface area contributed by atoms with Crippen LogP contribution < -0.4 is 20.4 Å². The van der Waals surface area contributed by atoms with E-state index in [0.717, 1.165) is 67.8 Å². The van der Waals surface area contributed by atoms with Crippen LogP contribution in [-0.2, 0) is 5.41 Å². The Morgan fingerprint density at radius 3 is 2.42 bits per heavy atom. The van der Waals surface area contributed by atoms with Crippen LogP contribution in [0.1, 0.15) is 49.7 Å². The van der Waals surface area contributed by atoms with E-state index in [0.29, 0.717) is 24.0 Å². The molecular formula is C33H41N9O. The summed E-state index contributed by atoms with van der Waals surface area (Å²) in [5.74, 6) is 1.14. The Morgan fingerprint density at radius 2 is 1.70 bits per heavy atom. The van der Waals surface area contributed by atoms with E-state index < -0.39 is 0 Å². The maximum atomic E-state index is 13.0. The number of hydrogen-bond acceptors (Lipinski definition) is 9. The third-order valence-corrected chi connectivity index (χ3v) is 8.34. The number of anilines is 4. The molecule has 224 valence electrons. The number of amides is 1. The van der Waals surface area contributed by atoms with Crippen molar-refractivity contribution in [3.8, 4) is 0 Å². The second kappa shape index (κ2) is 12.1. The summed E-state index contributed by atoms with van der Waals surface area (Å²) in [6, 6.07) is 16.1. The lowest BCUT2D eigenvalue weighted by Crippen LogP contribution is -2.48. The molecule has 1 atom stereocenters. The first-order valence-electron chi connectivity index (χ1n) is 15.2. The normalized spacial score (nSPS) is 18.1.